The van der Waals surface area contributed by atoms with Gasteiger partial charge in [-0.25, -0.2) is 4.98 Å². The van der Waals surface area contributed by atoms with Gasteiger partial charge in [-0.05, 0) is 38.3 Å². The van der Waals surface area contributed by atoms with E-state index < -0.39 is 0 Å². The largest absolute Gasteiger partial charge is 0.493 e. The van der Waals surface area contributed by atoms with Gasteiger partial charge in [0.1, 0.15) is 11.6 Å². The van der Waals surface area contributed by atoms with E-state index in [0.717, 1.165) is 30.0 Å². The fraction of sp³-hybridized carbons (Fsp3) is 0.500. The van der Waals surface area contributed by atoms with Gasteiger partial charge in [0, 0.05) is 17.3 Å². The van der Waals surface area contributed by atoms with Gasteiger partial charge >= 0.3 is 0 Å². The van der Waals surface area contributed by atoms with Crippen molar-refractivity contribution in [2.45, 2.75) is 52.3 Å². The number of aromatic nitrogens is 1. The van der Waals surface area contributed by atoms with E-state index in [2.05, 4.69) is 18.8 Å². The fourth-order valence-electron chi connectivity index (χ4n) is 2.78. The number of hydrogen-bond acceptors (Lipinski definition) is 5. The SMILES string of the molecule is CC[C@H](C)N(Cc1csc(COc2ccccc2OC)n1)C(=O)C1CC1. The zero-order valence-electron chi connectivity index (χ0n) is 15.6. The highest BCUT2D eigenvalue weighted by molar-refractivity contribution is 7.09. The lowest BCUT2D eigenvalue weighted by Crippen LogP contribution is -2.38. The molecule has 0 spiro atoms. The summed E-state index contributed by atoms with van der Waals surface area (Å²) in [5, 5.41) is 2.92. The Bertz CT molecular complexity index is 742. The van der Waals surface area contributed by atoms with Crippen LogP contribution in [0.2, 0.25) is 0 Å². The summed E-state index contributed by atoms with van der Waals surface area (Å²) in [6, 6.07) is 7.81. The summed E-state index contributed by atoms with van der Waals surface area (Å²) in [6.45, 7) is 5.20. The number of nitrogens with zero attached hydrogens (tertiary/aromatic N) is 2. The van der Waals surface area contributed by atoms with Crippen molar-refractivity contribution < 1.29 is 14.3 Å². The van der Waals surface area contributed by atoms with E-state index in [1.54, 1.807) is 18.4 Å². The Labute approximate surface area is 159 Å². The van der Waals surface area contributed by atoms with Crippen molar-refractivity contribution in [3.05, 3.63) is 40.3 Å². The predicted octanol–water partition coefficient (Wildman–Crippen LogP) is 4.27. The standard InChI is InChI=1S/C20H26N2O3S/c1-4-14(2)22(20(23)15-9-10-15)11-16-13-26-19(21-16)12-25-18-8-6-5-7-17(18)24-3/h5-8,13-15H,4,9-12H2,1-3H3/t14-/m0/s1. The quantitative estimate of drug-likeness (QED) is 0.658. The van der Waals surface area contributed by atoms with Crippen LogP contribution >= 0.6 is 11.3 Å². The molecule has 0 aliphatic heterocycles. The van der Waals surface area contributed by atoms with Crippen LogP contribution in [0.3, 0.4) is 0 Å². The van der Waals surface area contributed by atoms with Crippen molar-refractivity contribution >= 4 is 17.2 Å². The molecule has 2 aromatic rings. The van der Waals surface area contributed by atoms with E-state index in [-0.39, 0.29) is 17.9 Å². The number of benzene rings is 1. The molecule has 1 saturated carbocycles. The number of carbonyl (C=O) groups excluding carboxylic acids is 1. The fourth-order valence-corrected chi connectivity index (χ4v) is 3.47. The molecule has 1 heterocycles. The van der Waals surface area contributed by atoms with Crippen LogP contribution in [0, 0.1) is 5.92 Å². The van der Waals surface area contributed by atoms with Gasteiger partial charge in [-0.1, -0.05) is 19.1 Å². The van der Waals surface area contributed by atoms with Crippen LogP contribution in [0.4, 0.5) is 0 Å². The summed E-state index contributed by atoms with van der Waals surface area (Å²) in [4.78, 5) is 19.2. The minimum absolute atomic E-state index is 0.232. The number of ether oxygens (including phenoxy) is 2. The van der Waals surface area contributed by atoms with E-state index in [0.29, 0.717) is 24.7 Å². The maximum Gasteiger partial charge on any atom is 0.226 e. The molecule has 1 fully saturated rings. The van der Waals surface area contributed by atoms with Crippen LogP contribution in [0.25, 0.3) is 0 Å². The molecule has 140 valence electrons. The van der Waals surface area contributed by atoms with Gasteiger partial charge in [-0.3, -0.25) is 4.79 Å². The van der Waals surface area contributed by atoms with Crippen LogP contribution in [-0.2, 0) is 17.9 Å². The Kier molecular flexibility index (Phi) is 6.14. The second-order valence-electron chi connectivity index (χ2n) is 6.67. The Hall–Kier alpha value is -2.08. The molecule has 26 heavy (non-hydrogen) atoms. The number of methoxy groups -OCH3 is 1. The molecule has 1 aromatic carbocycles. The lowest BCUT2D eigenvalue weighted by atomic mass is 10.2. The average Bonchev–Trinajstić information content (AvgIpc) is 3.43. The Morgan fingerprint density at radius 3 is 2.73 bits per heavy atom. The molecule has 5 nitrogen and oxygen atoms in total. The van der Waals surface area contributed by atoms with E-state index >= 15 is 0 Å². The van der Waals surface area contributed by atoms with Crippen molar-refractivity contribution in [1.29, 1.82) is 0 Å². The second kappa shape index (κ2) is 8.54. The Balaban J connectivity index is 1.62. The lowest BCUT2D eigenvalue weighted by Gasteiger charge is -2.28. The van der Waals surface area contributed by atoms with Gasteiger partial charge in [0.25, 0.3) is 0 Å². The highest BCUT2D eigenvalue weighted by Crippen LogP contribution is 2.33. The zero-order chi connectivity index (χ0) is 18.5. The van der Waals surface area contributed by atoms with E-state index in [1.807, 2.05) is 34.5 Å². The van der Waals surface area contributed by atoms with Crippen LogP contribution in [0.1, 0.15) is 43.8 Å². The number of thiazole rings is 1. The number of amides is 1. The molecular weight excluding hydrogens is 348 g/mol. The molecule has 1 aromatic heterocycles. The summed E-state index contributed by atoms with van der Waals surface area (Å²) in [5.74, 6) is 1.93. The molecule has 0 radical (unpaired) electrons. The minimum atomic E-state index is 0.232. The summed E-state index contributed by atoms with van der Waals surface area (Å²) in [7, 11) is 1.63. The Morgan fingerprint density at radius 2 is 2.08 bits per heavy atom. The van der Waals surface area contributed by atoms with Crippen LogP contribution < -0.4 is 9.47 Å². The lowest BCUT2D eigenvalue weighted by molar-refractivity contribution is -0.135. The molecule has 0 unspecified atom stereocenters. The highest BCUT2D eigenvalue weighted by Gasteiger charge is 2.35. The number of carbonyl (C=O) groups is 1. The molecule has 3 rings (SSSR count). The summed E-state index contributed by atoms with van der Waals surface area (Å²) in [5.41, 5.74) is 0.933. The molecule has 1 amide bonds. The average molecular weight is 375 g/mol. The third-order valence-electron chi connectivity index (χ3n) is 4.68. The first-order valence-corrected chi connectivity index (χ1v) is 10.00. The van der Waals surface area contributed by atoms with Crippen molar-refractivity contribution in [2.24, 2.45) is 5.92 Å². The first-order chi connectivity index (χ1) is 12.6. The van der Waals surface area contributed by atoms with Gasteiger partial charge < -0.3 is 14.4 Å². The Morgan fingerprint density at radius 1 is 1.35 bits per heavy atom. The van der Waals surface area contributed by atoms with Crippen LogP contribution in [-0.4, -0.2) is 28.9 Å². The van der Waals surface area contributed by atoms with Crippen molar-refractivity contribution in [3.8, 4) is 11.5 Å². The highest BCUT2D eigenvalue weighted by atomic mass is 32.1. The molecule has 0 saturated heterocycles. The van der Waals surface area contributed by atoms with Crippen LogP contribution in [0.5, 0.6) is 11.5 Å². The van der Waals surface area contributed by atoms with E-state index in [9.17, 15) is 4.79 Å². The van der Waals surface area contributed by atoms with E-state index in [1.165, 1.54) is 0 Å². The first-order valence-electron chi connectivity index (χ1n) is 9.12. The van der Waals surface area contributed by atoms with Crippen molar-refractivity contribution in [3.63, 3.8) is 0 Å². The predicted molar refractivity (Wildman–Crippen MR) is 102 cm³/mol. The van der Waals surface area contributed by atoms with Gasteiger partial charge in [0.2, 0.25) is 5.91 Å². The molecule has 6 heteroatoms. The molecule has 0 N–H and O–H groups in total. The van der Waals surface area contributed by atoms with Gasteiger partial charge in [0.15, 0.2) is 11.5 Å². The van der Waals surface area contributed by atoms with E-state index in [4.69, 9.17) is 9.47 Å². The summed E-state index contributed by atoms with van der Waals surface area (Å²) < 4.78 is 11.1. The maximum absolute atomic E-state index is 12.6. The summed E-state index contributed by atoms with van der Waals surface area (Å²) >= 11 is 1.56. The minimum Gasteiger partial charge on any atom is -0.493 e. The zero-order valence-corrected chi connectivity index (χ0v) is 16.4. The topological polar surface area (TPSA) is 51.7 Å². The molecule has 1 aliphatic carbocycles. The third kappa shape index (κ3) is 4.55. The monoisotopic (exact) mass is 374 g/mol. The van der Waals surface area contributed by atoms with Crippen molar-refractivity contribution in [1.82, 2.24) is 9.88 Å². The molecule has 1 aliphatic rings. The molecule has 0 bridgehead atoms. The van der Waals surface area contributed by atoms with Gasteiger partial charge in [-0.2, -0.15) is 0 Å². The second-order valence-corrected chi connectivity index (χ2v) is 7.61. The normalized spacial score (nSPS) is 14.7. The van der Waals surface area contributed by atoms with Crippen molar-refractivity contribution in [2.75, 3.05) is 7.11 Å². The molecular formula is C20H26N2O3S. The maximum atomic E-state index is 12.6. The number of hydrogen-bond donors (Lipinski definition) is 0. The summed E-state index contributed by atoms with van der Waals surface area (Å²) in [6.07, 6.45) is 3.01. The number of rotatable bonds is 9. The third-order valence-corrected chi connectivity index (χ3v) is 5.56. The smallest absolute Gasteiger partial charge is 0.226 e. The van der Waals surface area contributed by atoms with Crippen LogP contribution in [0.15, 0.2) is 29.6 Å². The first kappa shape index (κ1) is 18.7. The van der Waals surface area contributed by atoms with Gasteiger partial charge in [-0.15, -0.1) is 11.3 Å². The number of para-hydroxylation sites is 2. The van der Waals surface area contributed by atoms with Gasteiger partial charge in [0.05, 0.1) is 19.3 Å². The molecule has 1 atom stereocenters.